The number of hydrogen-bond donors (Lipinski definition) is 1. The van der Waals surface area contributed by atoms with Gasteiger partial charge in [-0.2, -0.15) is 0 Å². The van der Waals surface area contributed by atoms with Gasteiger partial charge in [-0.15, -0.1) is 0 Å². The Balaban J connectivity index is 2.18. The molecule has 2 aromatic rings. The number of carbonyl (C=O) groups is 1. The molecule has 1 atom stereocenters. The van der Waals surface area contributed by atoms with Crippen molar-refractivity contribution in [3.8, 4) is 0 Å². The average Bonchev–Trinajstić information content (AvgIpc) is 2.54. The van der Waals surface area contributed by atoms with Crippen LogP contribution in [0.2, 0.25) is 0 Å². The predicted molar refractivity (Wildman–Crippen MR) is 95.2 cm³/mol. The maximum absolute atomic E-state index is 13.0. The summed E-state index contributed by atoms with van der Waals surface area (Å²) < 4.78 is 37.7. The number of nitrogens with zero attached hydrogens (tertiary/aromatic N) is 1. The quantitative estimate of drug-likeness (QED) is 0.622. The molecular formula is C19H18FNO4S. The highest BCUT2D eigenvalue weighted by atomic mass is 32.2. The fourth-order valence-electron chi connectivity index (χ4n) is 2.50. The van der Waals surface area contributed by atoms with Crippen LogP contribution in [0, 0.1) is 19.3 Å². The number of Topliss-reactive ketones (excluding diaryl/α,β-unsaturated/α-hetero) is 1. The Morgan fingerprint density at radius 1 is 1.23 bits per heavy atom. The minimum atomic E-state index is -3.97. The van der Waals surface area contributed by atoms with E-state index in [2.05, 4.69) is 4.85 Å². The average molecular weight is 375 g/mol. The molecule has 136 valence electrons. The van der Waals surface area contributed by atoms with Gasteiger partial charge in [0.05, 0.1) is 17.2 Å². The molecule has 0 aliphatic rings. The van der Waals surface area contributed by atoms with Gasteiger partial charge in [0.25, 0.3) is 0 Å². The summed E-state index contributed by atoms with van der Waals surface area (Å²) in [5, 5.41) is 10.4. The molecule has 2 rings (SSSR count). The molecule has 0 fully saturated rings. The van der Waals surface area contributed by atoms with Gasteiger partial charge >= 0.3 is 0 Å². The summed E-state index contributed by atoms with van der Waals surface area (Å²) in [5.41, 5.74) is -0.352. The van der Waals surface area contributed by atoms with E-state index < -0.39 is 32.8 Å². The number of aryl methyl sites for hydroxylation is 1. The van der Waals surface area contributed by atoms with Crippen LogP contribution in [0.4, 0.5) is 10.1 Å². The number of sulfone groups is 1. The molecule has 0 bridgehead atoms. The molecule has 1 unspecified atom stereocenters. The molecule has 0 spiro atoms. The van der Waals surface area contributed by atoms with Crippen molar-refractivity contribution in [1.29, 1.82) is 0 Å². The van der Waals surface area contributed by atoms with E-state index in [0.717, 1.165) is 31.2 Å². The molecule has 0 aromatic heterocycles. The van der Waals surface area contributed by atoms with E-state index in [1.807, 2.05) is 0 Å². The van der Waals surface area contributed by atoms with Crippen molar-refractivity contribution < 1.29 is 22.7 Å². The van der Waals surface area contributed by atoms with Crippen LogP contribution in [0.15, 0.2) is 47.4 Å². The highest BCUT2D eigenvalue weighted by Gasteiger charge is 2.36. The van der Waals surface area contributed by atoms with Crippen molar-refractivity contribution in [3.63, 3.8) is 0 Å². The zero-order valence-electron chi connectivity index (χ0n) is 14.4. The molecule has 0 aliphatic carbocycles. The zero-order valence-corrected chi connectivity index (χ0v) is 15.2. The van der Waals surface area contributed by atoms with Crippen LogP contribution in [0.1, 0.15) is 18.1 Å². The third-order valence-electron chi connectivity index (χ3n) is 3.99. The van der Waals surface area contributed by atoms with E-state index in [1.165, 1.54) is 0 Å². The van der Waals surface area contributed by atoms with Crippen molar-refractivity contribution in [2.75, 3.05) is 5.75 Å². The van der Waals surface area contributed by atoms with Crippen molar-refractivity contribution in [3.05, 3.63) is 70.8 Å². The van der Waals surface area contributed by atoms with E-state index >= 15 is 0 Å². The minimum Gasteiger partial charge on any atom is -0.381 e. The van der Waals surface area contributed by atoms with Gasteiger partial charge in [-0.3, -0.25) is 4.79 Å². The van der Waals surface area contributed by atoms with Gasteiger partial charge in [0.15, 0.2) is 21.3 Å². The standard InChI is InChI=1S/C19H18FNO4S/c1-13-10-14(4-9-17(13)21-3)11-18(22)19(2,23)12-26(24,25)16-7-5-15(20)6-8-16/h4-10,23H,11-12H2,1-2H3. The molecule has 0 heterocycles. The third kappa shape index (κ3) is 4.54. The largest absolute Gasteiger partial charge is 0.381 e. The van der Waals surface area contributed by atoms with E-state index in [0.29, 0.717) is 16.8 Å². The Hall–Kier alpha value is -2.56. The summed E-state index contributed by atoms with van der Waals surface area (Å²) in [7, 11) is -3.97. The maximum atomic E-state index is 13.0. The van der Waals surface area contributed by atoms with Crippen LogP contribution in [0.5, 0.6) is 0 Å². The van der Waals surface area contributed by atoms with Crippen LogP contribution in [-0.4, -0.2) is 30.7 Å². The monoisotopic (exact) mass is 375 g/mol. The summed E-state index contributed by atoms with van der Waals surface area (Å²) in [5.74, 6) is -2.04. The summed E-state index contributed by atoms with van der Waals surface area (Å²) >= 11 is 0. The van der Waals surface area contributed by atoms with Crippen LogP contribution >= 0.6 is 0 Å². The molecule has 0 saturated heterocycles. The minimum absolute atomic E-state index is 0.162. The zero-order chi connectivity index (χ0) is 19.5. The number of rotatable bonds is 6. The Morgan fingerprint density at radius 3 is 2.38 bits per heavy atom. The SMILES string of the molecule is [C-]#[N+]c1ccc(CC(=O)C(C)(O)CS(=O)(=O)c2ccc(F)cc2)cc1C. The normalized spacial score (nSPS) is 13.7. The number of carbonyl (C=O) groups excluding carboxylic acids is 1. The first-order valence-electron chi connectivity index (χ1n) is 7.76. The Labute approximate surface area is 151 Å². The van der Waals surface area contributed by atoms with Gasteiger partial charge in [0.1, 0.15) is 11.4 Å². The number of benzene rings is 2. The molecule has 0 radical (unpaired) electrons. The molecule has 0 aliphatic heterocycles. The van der Waals surface area contributed by atoms with Gasteiger partial charge in [-0.05, 0) is 49.2 Å². The van der Waals surface area contributed by atoms with Crippen LogP contribution in [-0.2, 0) is 21.1 Å². The van der Waals surface area contributed by atoms with Gasteiger partial charge < -0.3 is 5.11 Å². The molecular weight excluding hydrogens is 357 g/mol. The second-order valence-electron chi connectivity index (χ2n) is 6.32. The van der Waals surface area contributed by atoms with Gasteiger partial charge in [-0.25, -0.2) is 17.7 Å². The first-order valence-corrected chi connectivity index (χ1v) is 9.41. The molecule has 26 heavy (non-hydrogen) atoms. The predicted octanol–water partition coefficient (Wildman–Crippen LogP) is 3.02. The van der Waals surface area contributed by atoms with Crippen LogP contribution in [0.3, 0.4) is 0 Å². The molecule has 1 N–H and O–H groups in total. The lowest BCUT2D eigenvalue weighted by Crippen LogP contribution is -2.43. The van der Waals surface area contributed by atoms with Gasteiger partial charge in [-0.1, -0.05) is 18.2 Å². The van der Waals surface area contributed by atoms with E-state index in [1.54, 1.807) is 25.1 Å². The second kappa shape index (κ2) is 7.36. The van der Waals surface area contributed by atoms with Crippen molar-refractivity contribution in [2.45, 2.75) is 30.8 Å². The number of hydrogen-bond acceptors (Lipinski definition) is 4. The summed E-state index contributed by atoms with van der Waals surface area (Å²) in [4.78, 5) is 15.6. The molecule has 5 nitrogen and oxygen atoms in total. The summed E-state index contributed by atoms with van der Waals surface area (Å²) in [6, 6.07) is 9.04. The first-order chi connectivity index (χ1) is 12.0. The Bertz CT molecular complexity index is 974. The van der Waals surface area contributed by atoms with E-state index in [-0.39, 0.29) is 11.3 Å². The molecule has 0 amide bonds. The number of aliphatic hydroxyl groups is 1. The van der Waals surface area contributed by atoms with Crippen molar-refractivity contribution in [2.24, 2.45) is 0 Å². The molecule has 7 heteroatoms. The lowest BCUT2D eigenvalue weighted by molar-refractivity contribution is -0.133. The van der Waals surface area contributed by atoms with Crippen molar-refractivity contribution in [1.82, 2.24) is 0 Å². The lowest BCUT2D eigenvalue weighted by Gasteiger charge is -2.22. The third-order valence-corrected chi connectivity index (χ3v) is 5.92. The number of ketones is 1. The van der Waals surface area contributed by atoms with Gasteiger partial charge in [0.2, 0.25) is 0 Å². The van der Waals surface area contributed by atoms with E-state index in [9.17, 15) is 22.7 Å². The Kier molecular flexibility index (Phi) is 5.59. The highest BCUT2D eigenvalue weighted by molar-refractivity contribution is 7.91. The number of halogens is 1. The second-order valence-corrected chi connectivity index (χ2v) is 8.31. The van der Waals surface area contributed by atoms with E-state index in [4.69, 9.17) is 6.57 Å². The first kappa shape index (κ1) is 19.8. The lowest BCUT2D eigenvalue weighted by atomic mass is 9.96. The van der Waals surface area contributed by atoms with Crippen molar-refractivity contribution >= 4 is 21.3 Å². The Morgan fingerprint density at radius 2 is 1.85 bits per heavy atom. The molecule has 2 aromatic carbocycles. The summed E-state index contributed by atoms with van der Waals surface area (Å²) in [6.45, 7) is 9.90. The van der Waals surface area contributed by atoms with Crippen LogP contribution in [0.25, 0.3) is 4.85 Å². The maximum Gasteiger partial charge on any atom is 0.190 e. The fraction of sp³-hybridized carbons (Fsp3) is 0.263. The smallest absolute Gasteiger partial charge is 0.190 e. The fourth-order valence-corrected chi connectivity index (χ4v) is 4.12. The topological polar surface area (TPSA) is 75.8 Å². The highest BCUT2D eigenvalue weighted by Crippen LogP contribution is 2.23. The summed E-state index contributed by atoms with van der Waals surface area (Å²) in [6.07, 6.45) is -0.162. The van der Waals surface area contributed by atoms with Crippen LogP contribution < -0.4 is 0 Å². The van der Waals surface area contributed by atoms with Gasteiger partial charge in [0, 0.05) is 6.42 Å². The molecule has 0 saturated carbocycles.